The number of nitrogens with zero attached hydrogens (tertiary/aromatic N) is 3. The average Bonchev–Trinajstić information content (AvgIpc) is 2.89. The van der Waals surface area contributed by atoms with E-state index >= 15 is 0 Å². The summed E-state index contributed by atoms with van der Waals surface area (Å²) in [5.41, 5.74) is 1.87. The molecule has 0 spiro atoms. The van der Waals surface area contributed by atoms with Crippen LogP contribution in [0.2, 0.25) is 0 Å². The quantitative estimate of drug-likeness (QED) is 0.187. The van der Waals surface area contributed by atoms with E-state index in [9.17, 15) is 9.90 Å². The lowest BCUT2D eigenvalue weighted by atomic mass is 9.81. The van der Waals surface area contributed by atoms with Gasteiger partial charge in [-0.15, -0.1) is 0 Å². The maximum absolute atomic E-state index is 12.8. The molecule has 0 saturated heterocycles. The molecule has 0 saturated carbocycles. The van der Waals surface area contributed by atoms with Crippen LogP contribution in [0.3, 0.4) is 0 Å². The van der Waals surface area contributed by atoms with Crippen LogP contribution >= 0.6 is 0 Å². The van der Waals surface area contributed by atoms with Gasteiger partial charge in [-0.05, 0) is 37.1 Å². The fourth-order valence-corrected chi connectivity index (χ4v) is 4.42. The molecule has 2 aliphatic rings. The Morgan fingerprint density at radius 2 is 1.56 bits per heavy atom. The second-order valence-corrected chi connectivity index (χ2v) is 9.61. The van der Waals surface area contributed by atoms with E-state index in [1.165, 1.54) is 64.2 Å². The zero-order chi connectivity index (χ0) is 25.6. The Balaban J connectivity index is 1.49. The Morgan fingerprint density at radius 1 is 0.861 bits per heavy atom. The molecule has 0 fully saturated rings. The molecule has 2 N–H and O–H groups in total. The van der Waals surface area contributed by atoms with Gasteiger partial charge >= 0.3 is 0 Å². The van der Waals surface area contributed by atoms with Gasteiger partial charge in [-0.1, -0.05) is 78.1 Å². The molecule has 6 nitrogen and oxygen atoms in total. The van der Waals surface area contributed by atoms with Crippen molar-refractivity contribution in [1.82, 2.24) is 4.98 Å². The summed E-state index contributed by atoms with van der Waals surface area (Å²) in [6.45, 7) is 6.10. The number of unbranched alkanes of at least 4 members (excludes halogenated alkanes) is 10. The summed E-state index contributed by atoms with van der Waals surface area (Å²) in [7, 11) is 0. The molecule has 0 radical (unpaired) electrons. The van der Waals surface area contributed by atoms with Crippen LogP contribution < -0.4 is 5.32 Å². The molecule has 1 aromatic heterocycles. The molecule has 0 atom stereocenters. The standard InChI is InChI=1S/C30H42N4O2/c1-3-5-7-9-11-13-19-31-25-17-15-23(21-33-25)27-29(35)28(30(27)36)24-16-18-26(34-22-24)32-20-14-12-10-8-6-4-2/h15-18,21-22,35H,3-14,19-20H2,1-2H3,(H,31,33). The van der Waals surface area contributed by atoms with Crippen molar-refractivity contribution in [3.63, 3.8) is 0 Å². The number of ketones is 1. The van der Waals surface area contributed by atoms with Crippen LogP contribution in [0, 0.1) is 0 Å². The van der Waals surface area contributed by atoms with Gasteiger partial charge in [0.2, 0.25) is 5.78 Å². The van der Waals surface area contributed by atoms with Crippen molar-refractivity contribution in [2.45, 2.75) is 90.9 Å². The number of aromatic nitrogens is 1. The van der Waals surface area contributed by atoms with Crippen molar-refractivity contribution >= 4 is 29.2 Å². The molecular weight excluding hydrogens is 448 g/mol. The number of amidine groups is 1. The zero-order valence-electron chi connectivity index (χ0n) is 22.1. The molecule has 2 heterocycles. The number of aliphatic imine (C=N–C) groups is 2. The highest BCUT2D eigenvalue weighted by molar-refractivity contribution is 6.40. The van der Waals surface area contributed by atoms with E-state index in [2.05, 4.69) is 34.1 Å². The molecule has 6 heteroatoms. The third kappa shape index (κ3) is 8.00. The number of nitrogens with one attached hydrogen (secondary N) is 1. The highest BCUT2D eigenvalue weighted by atomic mass is 16.3. The monoisotopic (exact) mass is 490 g/mol. The molecule has 194 valence electrons. The number of anilines is 1. The first kappa shape index (κ1) is 27.6. The summed E-state index contributed by atoms with van der Waals surface area (Å²) in [5.74, 6) is 1.28. The predicted octanol–water partition coefficient (Wildman–Crippen LogP) is 7.40. The summed E-state index contributed by atoms with van der Waals surface area (Å²) in [6.07, 6.45) is 21.8. The van der Waals surface area contributed by atoms with Crippen LogP contribution in [0.15, 0.2) is 57.4 Å². The minimum Gasteiger partial charge on any atom is -0.506 e. The van der Waals surface area contributed by atoms with Crippen molar-refractivity contribution in [1.29, 1.82) is 0 Å². The summed E-state index contributed by atoms with van der Waals surface area (Å²) < 4.78 is 0. The van der Waals surface area contributed by atoms with E-state index < -0.39 is 0 Å². The molecule has 0 aromatic carbocycles. The van der Waals surface area contributed by atoms with E-state index in [1.54, 1.807) is 18.5 Å². The van der Waals surface area contributed by atoms with E-state index in [1.807, 2.05) is 18.2 Å². The fraction of sp³-hybridized carbons (Fsp3) is 0.533. The second kappa shape index (κ2) is 15.2. The maximum Gasteiger partial charge on any atom is 0.201 e. The van der Waals surface area contributed by atoms with Crippen molar-refractivity contribution in [2.75, 3.05) is 18.4 Å². The molecule has 36 heavy (non-hydrogen) atoms. The smallest absolute Gasteiger partial charge is 0.201 e. The number of aliphatic hydroxyl groups is 1. The second-order valence-electron chi connectivity index (χ2n) is 9.61. The minimum absolute atomic E-state index is 0.00755. The van der Waals surface area contributed by atoms with Crippen molar-refractivity contribution in [3.05, 3.63) is 53.0 Å². The number of aliphatic hydroxyl groups excluding tert-OH is 1. The lowest BCUT2D eigenvalue weighted by Crippen LogP contribution is -2.23. The van der Waals surface area contributed by atoms with Crippen molar-refractivity contribution in [3.8, 4) is 0 Å². The van der Waals surface area contributed by atoms with Gasteiger partial charge < -0.3 is 10.4 Å². The number of pyridine rings is 1. The van der Waals surface area contributed by atoms with Crippen molar-refractivity contribution in [2.24, 2.45) is 9.98 Å². The minimum atomic E-state index is -0.180. The largest absolute Gasteiger partial charge is 0.506 e. The van der Waals surface area contributed by atoms with Crippen LogP contribution in [0.4, 0.5) is 5.82 Å². The van der Waals surface area contributed by atoms with Gasteiger partial charge in [-0.3, -0.25) is 9.79 Å². The van der Waals surface area contributed by atoms with Gasteiger partial charge in [0.25, 0.3) is 0 Å². The van der Waals surface area contributed by atoms with Gasteiger partial charge in [0.05, 0.1) is 11.1 Å². The molecular formula is C30H42N4O2. The highest BCUT2D eigenvalue weighted by Crippen LogP contribution is 2.38. The highest BCUT2D eigenvalue weighted by Gasteiger charge is 2.36. The molecule has 1 aliphatic heterocycles. The zero-order valence-corrected chi connectivity index (χ0v) is 22.1. The number of carbonyl (C=O) groups is 1. The molecule has 0 bridgehead atoms. The Bertz CT molecular complexity index is 998. The SMILES string of the molecule is CCCCCCCCN=C1C=CC(=C2C(=O)C(c3ccc(NCCCCCCCC)nc3)=C2O)C=N1. The van der Waals surface area contributed by atoms with Gasteiger partial charge in [-0.2, -0.15) is 0 Å². The fourth-order valence-electron chi connectivity index (χ4n) is 4.42. The van der Waals surface area contributed by atoms with E-state index in [0.717, 1.165) is 31.7 Å². The first-order chi connectivity index (χ1) is 17.7. The Kier molecular flexibility index (Phi) is 11.6. The average molecular weight is 491 g/mol. The first-order valence-corrected chi connectivity index (χ1v) is 13.8. The number of hydrogen-bond acceptors (Lipinski definition) is 5. The number of dihydropyridines is 1. The number of Topliss-reactive ketones (excluding diaryl/α,β-unsaturated/α-hetero) is 1. The normalized spacial score (nSPS) is 18.3. The van der Waals surface area contributed by atoms with Gasteiger partial charge in [0.1, 0.15) is 17.4 Å². The van der Waals surface area contributed by atoms with Crippen molar-refractivity contribution < 1.29 is 9.90 Å². The topological polar surface area (TPSA) is 86.9 Å². The van der Waals surface area contributed by atoms with E-state index in [-0.39, 0.29) is 11.5 Å². The number of carbonyl (C=O) groups excluding carboxylic acids is 1. The molecule has 0 unspecified atom stereocenters. The van der Waals surface area contributed by atoms with Crippen LogP contribution in [0.1, 0.15) is 96.5 Å². The molecule has 1 aliphatic carbocycles. The van der Waals surface area contributed by atoms with Crippen LogP contribution in [0.5, 0.6) is 0 Å². The lowest BCUT2D eigenvalue weighted by molar-refractivity contribution is -0.111. The van der Waals surface area contributed by atoms with Gasteiger partial charge in [0, 0.05) is 36.6 Å². The third-order valence-corrected chi connectivity index (χ3v) is 6.64. The predicted molar refractivity (Wildman–Crippen MR) is 151 cm³/mol. The third-order valence-electron chi connectivity index (χ3n) is 6.64. The number of hydrogen-bond donors (Lipinski definition) is 2. The molecule has 3 rings (SSSR count). The lowest BCUT2D eigenvalue weighted by Gasteiger charge is -2.23. The summed E-state index contributed by atoms with van der Waals surface area (Å²) >= 11 is 0. The Labute approximate surface area is 216 Å². The summed E-state index contributed by atoms with van der Waals surface area (Å²) in [5, 5.41) is 14.0. The van der Waals surface area contributed by atoms with Gasteiger partial charge in [-0.25, -0.2) is 9.98 Å². The Hall–Kier alpha value is -3.02. The number of rotatable bonds is 16. The first-order valence-electron chi connectivity index (χ1n) is 13.8. The van der Waals surface area contributed by atoms with E-state index in [0.29, 0.717) is 28.1 Å². The van der Waals surface area contributed by atoms with Crippen LogP contribution in [-0.4, -0.2) is 41.0 Å². The van der Waals surface area contributed by atoms with Crippen LogP contribution in [0.25, 0.3) is 5.57 Å². The van der Waals surface area contributed by atoms with E-state index in [4.69, 9.17) is 0 Å². The van der Waals surface area contributed by atoms with Gasteiger partial charge in [0.15, 0.2) is 0 Å². The summed E-state index contributed by atoms with van der Waals surface area (Å²) in [4.78, 5) is 26.1. The Morgan fingerprint density at radius 3 is 2.17 bits per heavy atom. The van der Waals surface area contributed by atoms with Crippen LogP contribution in [-0.2, 0) is 4.79 Å². The molecule has 0 amide bonds. The number of allylic oxidation sites excluding steroid dienone is 4. The molecule has 1 aromatic rings. The maximum atomic E-state index is 12.8. The summed E-state index contributed by atoms with van der Waals surface area (Å²) in [6, 6.07) is 3.69.